The summed E-state index contributed by atoms with van der Waals surface area (Å²) in [5, 5.41) is 0. The average molecular weight is 347 g/mol. The minimum Gasteiger partial charge on any atom is -0.376 e. The third kappa shape index (κ3) is 6.06. The molecule has 0 radical (unpaired) electrons. The second-order valence-electron chi connectivity index (χ2n) is 6.84. The van der Waals surface area contributed by atoms with Gasteiger partial charge >= 0.3 is 0 Å². The van der Waals surface area contributed by atoms with Gasteiger partial charge in [-0.3, -0.25) is 14.7 Å². The summed E-state index contributed by atoms with van der Waals surface area (Å²) in [5.41, 5.74) is 1.08. The van der Waals surface area contributed by atoms with Crippen molar-refractivity contribution in [2.24, 2.45) is 0 Å². The van der Waals surface area contributed by atoms with Gasteiger partial charge in [0.15, 0.2) is 0 Å². The second kappa shape index (κ2) is 9.85. The highest BCUT2D eigenvalue weighted by atomic mass is 16.5. The highest BCUT2D eigenvalue weighted by Gasteiger charge is 2.20. The van der Waals surface area contributed by atoms with Crippen molar-refractivity contribution in [1.82, 2.24) is 14.8 Å². The van der Waals surface area contributed by atoms with Crippen molar-refractivity contribution >= 4 is 5.91 Å². The summed E-state index contributed by atoms with van der Waals surface area (Å²) in [6.45, 7) is 5.81. The Morgan fingerprint density at radius 1 is 1.20 bits per heavy atom. The molecule has 6 nitrogen and oxygen atoms in total. The SMILES string of the molecule is O=C(COCC1CCCCO1)N1CCCN(Cc2ccccn2)CC1. The highest BCUT2D eigenvalue weighted by molar-refractivity contribution is 5.77. The molecule has 6 heteroatoms. The van der Waals surface area contributed by atoms with Crippen LogP contribution in [0.25, 0.3) is 0 Å². The highest BCUT2D eigenvalue weighted by Crippen LogP contribution is 2.13. The zero-order valence-electron chi connectivity index (χ0n) is 14.9. The number of pyridine rings is 1. The molecule has 0 bridgehead atoms. The molecule has 2 aliphatic heterocycles. The quantitative estimate of drug-likeness (QED) is 0.784. The fraction of sp³-hybridized carbons (Fsp3) is 0.684. The molecule has 1 unspecified atom stereocenters. The Balaban J connectivity index is 1.37. The Bertz CT molecular complexity index is 520. The Kier molecular flexibility index (Phi) is 7.21. The first kappa shape index (κ1) is 18.3. The summed E-state index contributed by atoms with van der Waals surface area (Å²) in [6, 6.07) is 6.00. The number of ether oxygens (including phenoxy) is 2. The summed E-state index contributed by atoms with van der Waals surface area (Å²) in [5.74, 6) is 0.0931. The van der Waals surface area contributed by atoms with Crippen molar-refractivity contribution in [2.75, 3.05) is 46.0 Å². The summed E-state index contributed by atoms with van der Waals surface area (Å²) < 4.78 is 11.2. The van der Waals surface area contributed by atoms with Crippen molar-refractivity contribution in [3.63, 3.8) is 0 Å². The van der Waals surface area contributed by atoms with Crippen LogP contribution in [0.2, 0.25) is 0 Å². The van der Waals surface area contributed by atoms with Gasteiger partial charge in [0.25, 0.3) is 0 Å². The molecule has 1 atom stereocenters. The maximum atomic E-state index is 12.4. The van der Waals surface area contributed by atoms with Crippen molar-refractivity contribution in [1.29, 1.82) is 0 Å². The van der Waals surface area contributed by atoms with Gasteiger partial charge < -0.3 is 14.4 Å². The van der Waals surface area contributed by atoms with E-state index in [4.69, 9.17) is 9.47 Å². The predicted octanol–water partition coefficient (Wildman–Crippen LogP) is 1.70. The Labute approximate surface area is 150 Å². The standard InChI is InChI=1S/C19H29N3O3/c23-19(16-24-15-18-7-2-4-13-25-18)22-10-5-9-21(11-12-22)14-17-6-1-3-8-20-17/h1,3,6,8,18H,2,4-5,7,9-16H2. The molecule has 0 saturated carbocycles. The molecule has 0 spiro atoms. The summed E-state index contributed by atoms with van der Waals surface area (Å²) in [4.78, 5) is 21.1. The first-order chi connectivity index (χ1) is 12.3. The van der Waals surface area contributed by atoms with E-state index in [0.29, 0.717) is 6.61 Å². The Hall–Kier alpha value is -1.50. The molecule has 1 aromatic rings. The Morgan fingerprint density at radius 3 is 2.96 bits per heavy atom. The zero-order chi connectivity index (χ0) is 17.3. The van der Waals surface area contributed by atoms with E-state index in [9.17, 15) is 4.79 Å². The van der Waals surface area contributed by atoms with E-state index in [1.165, 1.54) is 6.42 Å². The van der Waals surface area contributed by atoms with Crippen LogP contribution < -0.4 is 0 Å². The molecule has 2 fully saturated rings. The Morgan fingerprint density at radius 2 is 2.16 bits per heavy atom. The van der Waals surface area contributed by atoms with Crippen molar-refractivity contribution in [3.05, 3.63) is 30.1 Å². The number of hydrogen-bond acceptors (Lipinski definition) is 5. The number of rotatable bonds is 6. The number of amides is 1. The minimum absolute atomic E-state index is 0.0931. The molecule has 2 aliphatic rings. The predicted molar refractivity (Wildman–Crippen MR) is 95.1 cm³/mol. The number of nitrogens with zero attached hydrogens (tertiary/aromatic N) is 3. The topological polar surface area (TPSA) is 54.9 Å². The lowest BCUT2D eigenvalue weighted by molar-refractivity contribution is -0.138. The smallest absolute Gasteiger partial charge is 0.248 e. The van der Waals surface area contributed by atoms with Gasteiger partial charge in [-0.1, -0.05) is 6.07 Å². The normalized spacial score (nSPS) is 22.6. The van der Waals surface area contributed by atoms with E-state index >= 15 is 0 Å². The van der Waals surface area contributed by atoms with Crippen LogP contribution >= 0.6 is 0 Å². The van der Waals surface area contributed by atoms with Crippen molar-refractivity contribution in [3.8, 4) is 0 Å². The lowest BCUT2D eigenvalue weighted by Crippen LogP contribution is -2.38. The molecular weight excluding hydrogens is 318 g/mol. The van der Waals surface area contributed by atoms with Gasteiger partial charge in [0.2, 0.25) is 5.91 Å². The van der Waals surface area contributed by atoms with E-state index in [-0.39, 0.29) is 18.6 Å². The van der Waals surface area contributed by atoms with Gasteiger partial charge in [-0.2, -0.15) is 0 Å². The maximum Gasteiger partial charge on any atom is 0.248 e. The monoisotopic (exact) mass is 347 g/mol. The molecule has 1 aromatic heterocycles. The number of hydrogen-bond donors (Lipinski definition) is 0. The number of carbonyl (C=O) groups excluding carboxylic acids is 1. The van der Waals surface area contributed by atoms with Crippen LogP contribution in [0.4, 0.5) is 0 Å². The molecule has 3 rings (SSSR count). The first-order valence-corrected chi connectivity index (χ1v) is 9.40. The van der Waals surface area contributed by atoms with Gasteiger partial charge in [-0.05, 0) is 37.8 Å². The third-order valence-corrected chi connectivity index (χ3v) is 4.86. The molecule has 25 heavy (non-hydrogen) atoms. The largest absolute Gasteiger partial charge is 0.376 e. The van der Waals surface area contributed by atoms with E-state index < -0.39 is 0 Å². The van der Waals surface area contributed by atoms with Gasteiger partial charge in [-0.15, -0.1) is 0 Å². The number of carbonyl (C=O) groups is 1. The van der Waals surface area contributed by atoms with Crippen LogP contribution in [0.5, 0.6) is 0 Å². The molecule has 138 valence electrons. The molecule has 2 saturated heterocycles. The van der Waals surface area contributed by atoms with Crippen LogP contribution in [-0.4, -0.2) is 72.8 Å². The van der Waals surface area contributed by atoms with Crippen LogP contribution in [0.3, 0.4) is 0 Å². The van der Waals surface area contributed by atoms with Crippen LogP contribution in [0, 0.1) is 0 Å². The average Bonchev–Trinajstić information content (AvgIpc) is 2.89. The molecule has 3 heterocycles. The number of aromatic nitrogens is 1. The van der Waals surface area contributed by atoms with E-state index in [0.717, 1.165) is 64.3 Å². The van der Waals surface area contributed by atoms with Gasteiger partial charge in [0.05, 0.1) is 18.4 Å². The molecule has 1 amide bonds. The van der Waals surface area contributed by atoms with Gasteiger partial charge in [-0.25, -0.2) is 0 Å². The summed E-state index contributed by atoms with van der Waals surface area (Å²) >= 11 is 0. The lowest BCUT2D eigenvalue weighted by atomic mass is 10.1. The van der Waals surface area contributed by atoms with E-state index in [2.05, 4.69) is 16.0 Å². The van der Waals surface area contributed by atoms with Crippen LogP contribution in [0.15, 0.2) is 24.4 Å². The fourth-order valence-electron chi connectivity index (χ4n) is 3.41. The molecule has 0 aliphatic carbocycles. The summed E-state index contributed by atoms with van der Waals surface area (Å²) in [7, 11) is 0. The summed E-state index contributed by atoms with van der Waals surface area (Å²) in [6.07, 6.45) is 6.36. The molecule has 0 N–H and O–H groups in total. The van der Waals surface area contributed by atoms with Crippen LogP contribution in [0.1, 0.15) is 31.4 Å². The first-order valence-electron chi connectivity index (χ1n) is 9.40. The maximum absolute atomic E-state index is 12.4. The van der Waals surface area contributed by atoms with E-state index in [1.54, 1.807) is 0 Å². The third-order valence-electron chi connectivity index (χ3n) is 4.86. The molecule has 0 aromatic carbocycles. The van der Waals surface area contributed by atoms with E-state index in [1.807, 2.05) is 23.2 Å². The minimum atomic E-state index is 0.0931. The van der Waals surface area contributed by atoms with Gasteiger partial charge in [0, 0.05) is 45.5 Å². The second-order valence-corrected chi connectivity index (χ2v) is 6.84. The van der Waals surface area contributed by atoms with Crippen LogP contribution in [-0.2, 0) is 20.8 Å². The van der Waals surface area contributed by atoms with Gasteiger partial charge in [0.1, 0.15) is 6.61 Å². The zero-order valence-corrected chi connectivity index (χ0v) is 14.9. The fourth-order valence-corrected chi connectivity index (χ4v) is 3.41. The van der Waals surface area contributed by atoms with Crippen molar-refractivity contribution in [2.45, 2.75) is 38.3 Å². The lowest BCUT2D eigenvalue weighted by Gasteiger charge is -2.24. The molecular formula is C19H29N3O3. The van der Waals surface area contributed by atoms with Crippen molar-refractivity contribution < 1.29 is 14.3 Å².